The second-order valence-corrected chi connectivity index (χ2v) is 11.3. The van der Waals surface area contributed by atoms with Gasteiger partial charge < -0.3 is 10.2 Å². The third-order valence-electron chi connectivity index (χ3n) is 5.95. The predicted octanol–water partition coefficient (Wildman–Crippen LogP) is 4.26. The van der Waals surface area contributed by atoms with Crippen LogP contribution in [0.4, 0.5) is 10.1 Å². The van der Waals surface area contributed by atoms with Crippen LogP contribution in [0.3, 0.4) is 0 Å². The molecular formula is C27H38FN3O4S. The van der Waals surface area contributed by atoms with Crippen molar-refractivity contribution in [1.29, 1.82) is 0 Å². The summed E-state index contributed by atoms with van der Waals surface area (Å²) in [6.45, 7) is 8.54. The second kappa shape index (κ2) is 13.4. The zero-order valence-corrected chi connectivity index (χ0v) is 22.6. The van der Waals surface area contributed by atoms with E-state index in [4.69, 9.17) is 0 Å². The lowest BCUT2D eigenvalue weighted by Crippen LogP contribution is -2.49. The highest BCUT2D eigenvalue weighted by molar-refractivity contribution is 7.92. The van der Waals surface area contributed by atoms with Crippen molar-refractivity contribution in [2.75, 3.05) is 23.7 Å². The first kappa shape index (κ1) is 29.3. The highest BCUT2D eigenvalue weighted by atomic mass is 32.2. The van der Waals surface area contributed by atoms with Crippen molar-refractivity contribution >= 4 is 27.5 Å². The first-order valence-electron chi connectivity index (χ1n) is 12.3. The van der Waals surface area contributed by atoms with Gasteiger partial charge >= 0.3 is 0 Å². The Morgan fingerprint density at radius 2 is 1.69 bits per heavy atom. The maximum atomic E-state index is 14.3. The first-order valence-corrected chi connectivity index (χ1v) is 14.1. The topological polar surface area (TPSA) is 86.8 Å². The third-order valence-corrected chi connectivity index (χ3v) is 7.13. The van der Waals surface area contributed by atoms with Crippen molar-refractivity contribution in [3.8, 4) is 0 Å². The van der Waals surface area contributed by atoms with E-state index < -0.39 is 21.9 Å². The molecule has 2 rings (SSSR count). The van der Waals surface area contributed by atoms with Crippen LogP contribution in [0.5, 0.6) is 0 Å². The van der Waals surface area contributed by atoms with E-state index in [9.17, 15) is 22.4 Å². The van der Waals surface area contributed by atoms with Gasteiger partial charge in [-0.3, -0.25) is 13.9 Å². The molecule has 1 N–H and O–H groups in total. The summed E-state index contributed by atoms with van der Waals surface area (Å²) in [5, 5.41) is 2.93. The molecule has 9 heteroatoms. The van der Waals surface area contributed by atoms with E-state index in [1.54, 1.807) is 11.0 Å². The van der Waals surface area contributed by atoms with Crippen LogP contribution in [0.25, 0.3) is 0 Å². The number of halogens is 1. The highest BCUT2D eigenvalue weighted by Gasteiger charge is 2.29. The second-order valence-electron chi connectivity index (χ2n) is 9.40. The molecule has 2 aromatic carbocycles. The van der Waals surface area contributed by atoms with Crippen LogP contribution in [0.15, 0.2) is 48.5 Å². The van der Waals surface area contributed by atoms with Gasteiger partial charge in [0.1, 0.15) is 11.9 Å². The summed E-state index contributed by atoms with van der Waals surface area (Å²) in [6.07, 6.45) is 1.64. The minimum atomic E-state index is -3.76. The van der Waals surface area contributed by atoms with Crippen molar-refractivity contribution < 1.29 is 22.4 Å². The van der Waals surface area contributed by atoms with Crippen LogP contribution < -0.4 is 9.62 Å². The number of nitrogens with zero attached hydrogens (tertiary/aromatic N) is 2. The van der Waals surface area contributed by atoms with E-state index in [1.807, 2.05) is 52.0 Å². The van der Waals surface area contributed by atoms with Gasteiger partial charge in [0.25, 0.3) is 0 Å². The Bertz CT molecular complexity index is 1140. The van der Waals surface area contributed by atoms with E-state index in [0.717, 1.165) is 21.7 Å². The van der Waals surface area contributed by atoms with Crippen molar-refractivity contribution in [1.82, 2.24) is 10.2 Å². The lowest BCUT2D eigenvalue weighted by atomic mass is 10.0. The normalized spacial score (nSPS) is 12.3. The number of nitrogens with one attached hydrogen (secondary N) is 1. The van der Waals surface area contributed by atoms with Gasteiger partial charge in [-0.25, -0.2) is 12.8 Å². The Morgan fingerprint density at radius 3 is 2.28 bits per heavy atom. The number of hydrogen-bond donors (Lipinski definition) is 1. The molecule has 36 heavy (non-hydrogen) atoms. The fourth-order valence-corrected chi connectivity index (χ4v) is 4.92. The first-order chi connectivity index (χ1) is 17.0. The number of para-hydroxylation sites is 1. The van der Waals surface area contributed by atoms with E-state index >= 15 is 0 Å². The van der Waals surface area contributed by atoms with Crippen LogP contribution in [0.2, 0.25) is 0 Å². The highest BCUT2D eigenvalue weighted by Crippen LogP contribution is 2.23. The number of hydrogen-bond acceptors (Lipinski definition) is 4. The maximum absolute atomic E-state index is 14.3. The zero-order valence-electron chi connectivity index (χ0n) is 21.8. The van der Waals surface area contributed by atoms with Gasteiger partial charge in [0.15, 0.2) is 0 Å². The monoisotopic (exact) mass is 519 g/mol. The Labute approximate surface area is 214 Å². The fourth-order valence-electron chi connectivity index (χ4n) is 3.95. The molecule has 2 amide bonds. The average molecular weight is 520 g/mol. The van der Waals surface area contributed by atoms with Crippen molar-refractivity contribution in [3.63, 3.8) is 0 Å². The zero-order chi connectivity index (χ0) is 26.9. The van der Waals surface area contributed by atoms with E-state index in [-0.39, 0.29) is 49.4 Å². The van der Waals surface area contributed by atoms with Crippen LogP contribution in [-0.2, 0) is 26.2 Å². The van der Waals surface area contributed by atoms with Crippen LogP contribution in [0.1, 0.15) is 51.2 Å². The largest absolute Gasteiger partial charge is 0.354 e. The molecule has 0 bridgehead atoms. The molecule has 0 saturated heterocycles. The molecule has 0 spiro atoms. The number of anilines is 1. The smallest absolute Gasteiger partial charge is 0.242 e. The van der Waals surface area contributed by atoms with Gasteiger partial charge in [0.05, 0.1) is 11.9 Å². The molecule has 198 valence electrons. The molecule has 0 aliphatic rings. The summed E-state index contributed by atoms with van der Waals surface area (Å²) in [5.41, 5.74) is 1.89. The number of amides is 2. The molecule has 0 radical (unpaired) electrons. The molecule has 0 saturated carbocycles. The van der Waals surface area contributed by atoms with Crippen molar-refractivity contribution in [2.45, 2.75) is 59.5 Å². The summed E-state index contributed by atoms with van der Waals surface area (Å²) in [7, 11) is -3.76. The summed E-state index contributed by atoms with van der Waals surface area (Å²) < 4.78 is 40.0. The lowest BCUT2D eigenvalue weighted by Gasteiger charge is -2.31. The number of rotatable bonds is 13. The molecule has 0 aliphatic carbocycles. The Balaban J connectivity index is 2.23. The minimum Gasteiger partial charge on any atom is -0.354 e. The van der Waals surface area contributed by atoms with Gasteiger partial charge in [0, 0.05) is 26.1 Å². The Hall–Kier alpha value is -2.94. The molecular weight excluding hydrogens is 481 g/mol. The molecule has 1 atom stereocenters. The van der Waals surface area contributed by atoms with Crippen molar-refractivity contribution in [3.05, 3.63) is 65.5 Å². The number of carbonyl (C=O) groups excluding carboxylic acids is 2. The van der Waals surface area contributed by atoms with Crippen LogP contribution in [-0.4, -0.2) is 50.5 Å². The van der Waals surface area contributed by atoms with Gasteiger partial charge in [-0.1, -0.05) is 57.2 Å². The lowest BCUT2D eigenvalue weighted by molar-refractivity contribution is -0.141. The number of carbonyl (C=O) groups is 2. The van der Waals surface area contributed by atoms with E-state index in [2.05, 4.69) is 5.32 Å². The molecule has 0 unspecified atom stereocenters. The SMILES string of the molecule is CC[C@H](C(=O)NCC(C)C)N(Cc1ccccc1C)C(=O)CCCN(c1ccccc1F)S(C)(=O)=O. The molecule has 0 aromatic heterocycles. The van der Waals surface area contributed by atoms with E-state index in [0.29, 0.717) is 13.0 Å². The standard InChI is InChI=1S/C27H38FN3O4S/c1-6-24(27(33)29-18-20(2)3)30(19-22-13-8-7-12-21(22)4)26(32)16-11-17-31(36(5,34)35)25-15-10-9-14-23(25)28/h7-10,12-15,20,24H,6,11,16-19H2,1-5H3,(H,29,33)/t24-/m1/s1. The summed E-state index contributed by atoms with van der Waals surface area (Å²) in [6, 6.07) is 12.7. The van der Waals surface area contributed by atoms with Gasteiger partial charge in [0.2, 0.25) is 21.8 Å². The average Bonchev–Trinajstić information content (AvgIpc) is 2.81. The Kier molecular flexibility index (Phi) is 10.9. The van der Waals surface area contributed by atoms with Gasteiger partial charge in [-0.15, -0.1) is 0 Å². The molecule has 0 fully saturated rings. The minimum absolute atomic E-state index is 0.0142. The summed E-state index contributed by atoms with van der Waals surface area (Å²) >= 11 is 0. The molecule has 0 aliphatic heterocycles. The summed E-state index contributed by atoms with van der Waals surface area (Å²) in [4.78, 5) is 28.0. The molecule has 7 nitrogen and oxygen atoms in total. The number of benzene rings is 2. The maximum Gasteiger partial charge on any atom is 0.242 e. The molecule has 0 heterocycles. The van der Waals surface area contributed by atoms with Gasteiger partial charge in [-0.05, 0) is 48.9 Å². The van der Waals surface area contributed by atoms with Crippen LogP contribution in [0, 0.1) is 18.7 Å². The fraction of sp³-hybridized carbons (Fsp3) is 0.481. The van der Waals surface area contributed by atoms with E-state index in [1.165, 1.54) is 18.2 Å². The number of sulfonamides is 1. The quantitative estimate of drug-likeness (QED) is 0.428. The summed E-state index contributed by atoms with van der Waals surface area (Å²) in [5.74, 6) is -0.848. The predicted molar refractivity (Wildman–Crippen MR) is 141 cm³/mol. The third kappa shape index (κ3) is 8.33. The molecule has 2 aromatic rings. The van der Waals surface area contributed by atoms with Gasteiger partial charge in [-0.2, -0.15) is 0 Å². The Morgan fingerprint density at radius 1 is 1.06 bits per heavy atom. The number of aryl methyl sites for hydroxylation is 1. The van der Waals surface area contributed by atoms with Crippen LogP contribution >= 0.6 is 0 Å². The van der Waals surface area contributed by atoms with Crippen molar-refractivity contribution in [2.24, 2.45) is 5.92 Å².